The van der Waals surface area contributed by atoms with Crippen molar-refractivity contribution < 1.29 is 9.53 Å². The van der Waals surface area contributed by atoms with E-state index in [4.69, 9.17) is 16.3 Å². The van der Waals surface area contributed by atoms with Crippen LogP contribution in [0.4, 0.5) is 5.69 Å². The molecular formula is C16H15ClN4O2S2. The Bertz CT molecular complexity index is 880. The van der Waals surface area contributed by atoms with Crippen LogP contribution in [-0.4, -0.2) is 33.5 Å². The van der Waals surface area contributed by atoms with Gasteiger partial charge in [0.05, 0.1) is 22.8 Å². The van der Waals surface area contributed by atoms with Crippen molar-refractivity contribution in [2.24, 2.45) is 7.05 Å². The predicted octanol–water partition coefficient (Wildman–Crippen LogP) is 3.94. The monoisotopic (exact) mass is 394 g/mol. The van der Waals surface area contributed by atoms with Crippen molar-refractivity contribution in [1.29, 1.82) is 0 Å². The summed E-state index contributed by atoms with van der Waals surface area (Å²) in [6.45, 7) is 0. The summed E-state index contributed by atoms with van der Waals surface area (Å²) in [7, 11) is 3.43. The molecule has 0 atom stereocenters. The van der Waals surface area contributed by atoms with Gasteiger partial charge in [-0.1, -0.05) is 29.4 Å². The number of anilines is 1. The molecule has 0 aliphatic rings. The Kier molecular flexibility index (Phi) is 5.62. The number of halogens is 1. The van der Waals surface area contributed by atoms with Gasteiger partial charge >= 0.3 is 0 Å². The summed E-state index contributed by atoms with van der Waals surface area (Å²) in [5, 5.41) is 14.3. The van der Waals surface area contributed by atoms with Crippen LogP contribution in [0.5, 0.6) is 5.75 Å². The Balaban J connectivity index is 1.60. The molecule has 1 N–H and O–H groups in total. The average molecular weight is 395 g/mol. The number of benzene rings is 1. The predicted molar refractivity (Wildman–Crippen MR) is 102 cm³/mol. The largest absolute Gasteiger partial charge is 0.495 e. The molecule has 0 spiro atoms. The number of carbonyl (C=O) groups is 1. The lowest BCUT2D eigenvalue weighted by molar-refractivity contribution is -0.113. The number of hydrogen-bond acceptors (Lipinski definition) is 6. The number of carbonyl (C=O) groups excluding carboxylic acids is 1. The Hall–Kier alpha value is -2.03. The van der Waals surface area contributed by atoms with E-state index in [9.17, 15) is 4.79 Å². The second-order valence-corrected chi connectivity index (χ2v) is 7.33. The summed E-state index contributed by atoms with van der Waals surface area (Å²) in [6, 6.07) is 9.06. The molecule has 3 rings (SSSR count). The zero-order valence-corrected chi connectivity index (χ0v) is 15.9. The highest BCUT2D eigenvalue weighted by Crippen LogP contribution is 2.28. The van der Waals surface area contributed by atoms with E-state index in [1.165, 1.54) is 11.8 Å². The molecule has 1 amide bonds. The lowest BCUT2D eigenvalue weighted by Gasteiger charge is -2.08. The normalized spacial score (nSPS) is 10.7. The molecule has 130 valence electrons. The minimum Gasteiger partial charge on any atom is -0.495 e. The number of nitrogens with zero attached hydrogens (tertiary/aromatic N) is 3. The molecule has 0 unspecified atom stereocenters. The van der Waals surface area contributed by atoms with E-state index in [0.717, 1.165) is 10.7 Å². The average Bonchev–Trinajstić information content (AvgIpc) is 3.23. The third kappa shape index (κ3) is 4.15. The molecule has 2 heterocycles. The summed E-state index contributed by atoms with van der Waals surface area (Å²) in [4.78, 5) is 13.2. The van der Waals surface area contributed by atoms with Crippen LogP contribution in [0.2, 0.25) is 5.02 Å². The fourth-order valence-corrected chi connectivity index (χ4v) is 3.85. The number of amides is 1. The molecule has 1 aromatic carbocycles. The van der Waals surface area contributed by atoms with Gasteiger partial charge < -0.3 is 14.6 Å². The van der Waals surface area contributed by atoms with Crippen LogP contribution in [0, 0.1) is 0 Å². The Morgan fingerprint density at radius 3 is 2.92 bits per heavy atom. The second-order valence-electron chi connectivity index (χ2n) is 5.03. The van der Waals surface area contributed by atoms with Crippen molar-refractivity contribution in [3.63, 3.8) is 0 Å². The molecule has 0 aliphatic carbocycles. The van der Waals surface area contributed by atoms with Gasteiger partial charge in [0.15, 0.2) is 11.0 Å². The number of aromatic nitrogens is 3. The first-order chi connectivity index (χ1) is 12.1. The lowest BCUT2D eigenvalue weighted by Crippen LogP contribution is -2.14. The van der Waals surface area contributed by atoms with Crippen LogP contribution in [0.3, 0.4) is 0 Å². The second kappa shape index (κ2) is 7.90. The van der Waals surface area contributed by atoms with Crippen molar-refractivity contribution in [3.8, 4) is 16.5 Å². The van der Waals surface area contributed by atoms with Gasteiger partial charge in [-0.25, -0.2) is 0 Å². The van der Waals surface area contributed by atoms with E-state index in [1.807, 2.05) is 29.1 Å². The molecule has 0 saturated heterocycles. The molecule has 3 aromatic rings. The van der Waals surface area contributed by atoms with Crippen molar-refractivity contribution in [3.05, 3.63) is 40.7 Å². The third-order valence-corrected chi connectivity index (χ3v) is 5.53. The zero-order valence-electron chi connectivity index (χ0n) is 13.5. The minimum absolute atomic E-state index is 0.146. The minimum atomic E-state index is -0.146. The zero-order chi connectivity index (χ0) is 17.8. The van der Waals surface area contributed by atoms with Crippen LogP contribution < -0.4 is 10.1 Å². The fourth-order valence-electron chi connectivity index (χ4n) is 2.13. The Morgan fingerprint density at radius 1 is 1.40 bits per heavy atom. The van der Waals surface area contributed by atoms with E-state index in [-0.39, 0.29) is 11.7 Å². The third-order valence-electron chi connectivity index (χ3n) is 3.34. The van der Waals surface area contributed by atoms with Gasteiger partial charge in [-0.15, -0.1) is 21.5 Å². The van der Waals surface area contributed by atoms with Crippen molar-refractivity contribution in [2.75, 3.05) is 18.2 Å². The van der Waals surface area contributed by atoms with Crippen LogP contribution >= 0.6 is 34.7 Å². The first-order valence-electron chi connectivity index (χ1n) is 7.28. The van der Waals surface area contributed by atoms with E-state index < -0.39 is 0 Å². The quantitative estimate of drug-likeness (QED) is 0.641. The molecule has 6 nitrogen and oxygen atoms in total. The Morgan fingerprint density at radius 2 is 2.24 bits per heavy atom. The molecule has 2 aromatic heterocycles. The van der Waals surface area contributed by atoms with Crippen LogP contribution in [0.25, 0.3) is 10.7 Å². The number of nitrogens with one attached hydrogen (secondary N) is 1. The van der Waals surface area contributed by atoms with Crippen molar-refractivity contribution in [2.45, 2.75) is 5.16 Å². The number of rotatable bonds is 6. The lowest BCUT2D eigenvalue weighted by atomic mass is 10.3. The molecule has 25 heavy (non-hydrogen) atoms. The molecule has 0 bridgehead atoms. The highest BCUT2D eigenvalue weighted by Gasteiger charge is 2.14. The highest BCUT2D eigenvalue weighted by atomic mass is 35.5. The van der Waals surface area contributed by atoms with Crippen LogP contribution in [0.15, 0.2) is 40.9 Å². The van der Waals surface area contributed by atoms with E-state index in [1.54, 1.807) is 36.6 Å². The van der Waals surface area contributed by atoms with E-state index >= 15 is 0 Å². The van der Waals surface area contributed by atoms with Gasteiger partial charge in [0.2, 0.25) is 5.91 Å². The maximum Gasteiger partial charge on any atom is 0.234 e. The van der Waals surface area contributed by atoms with Gasteiger partial charge in [-0.05, 0) is 29.6 Å². The molecule has 9 heteroatoms. The van der Waals surface area contributed by atoms with Gasteiger partial charge in [0, 0.05) is 12.7 Å². The highest BCUT2D eigenvalue weighted by molar-refractivity contribution is 7.99. The molecule has 0 fully saturated rings. The van der Waals surface area contributed by atoms with Crippen molar-refractivity contribution >= 4 is 46.3 Å². The molecule has 0 radical (unpaired) electrons. The molecular weight excluding hydrogens is 380 g/mol. The van der Waals surface area contributed by atoms with Gasteiger partial charge in [0.1, 0.15) is 5.75 Å². The standard InChI is InChI=1S/C16H15ClN4O2S2/c1-21-15(13-4-3-7-24-13)19-20-16(21)25-9-14(22)18-10-5-6-12(23-2)11(17)8-10/h3-8H,9H2,1-2H3,(H,18,22). The van der Waals surface area contributed by atoms with Gasteiger partial charge in [-0.2, -0.15) is 0 Å². The number of ether oxygens (including phenoxy) is 1. The Labute approximate surface area is 158 Å². The molecule has 0 saturated carbocycles. The number of thioether (sulfide) groups is 1. The molecule has 0 aliphatic heterocycles. The SMILES string of the molecule is COc1ccc(NC(=O)CSc2nnc(-c3cccs3)n2C)cc1Cl. The maximum absolute atomic E-state index is 12.1. The van der Waals surface area contributed by atoms with Gasteiger partial charge in [-0.3, -0.25) is 4.79 Å². The van der Waals surface area contributed by atoms with Crippen LogP contribution in [0.1, 0.15) is 0 Å². The number of hydrogen-bond donors (Lipinski definition) is 1. The summed E-state index contributed by atoms with van der Waals surface area (Å²) in [5.41, 5.74) is 0.619. The van der Waals surface area contributed by atoms with E-state index in [0.29, 0.717) is 21.6 Å². The number of thiophene rings is 1. The fraction of sp³-hybridized carbons (Fsp3) is 0.188. The first-order valence-corrected chi connectivity index (χ1v) is 9.52. The topological polar surface area (TPSA) is 69.0 Å². The summed E-state index contributed by atoms with van der Waals surface area (Å²) >= 11 is 8.98. The van der Waals surface area contributed by atoms with Crippen molar-refractivity contribution in [1.82, 2.24) is 14.8 Å². The maximum atomic E-state index is 12.1. The summed E-state index contributed by atoms with van der Waals surface area (Å²) in [5.74, 6) is 1.43. The smallest absolute Gasteiger partial charge is 0.234 e. The van der Waals surface area contributed by atoms with Gasteiger partial charge in [0.25, 0.3) is 0 Å². The summed E-state index contributed by atoms with van der Waals surface area (Å²) < 4.78 is 6.97. The van der Waals surface area contributed by atoms with Crippen LogP contribution in [-0.2, 0) is 11.8 Å². The first kappa shape index (κ1) is 17.8. The summed E-state index contributed by atoms with van der Waals surface area (Å²) in [6.07, 6.45) is 0. The number of methoxy groups -OCH3 is 1. The van der Waals surface area contributed by atoms with E-state index in [2.05, 4.69) is 15.5 Å².